The van der Waals surface area contributed by atoms with Crippen molar-refractivity contribution in [1.29, 1.82) is 5.26 Å². The number of hydrogen-bond acceptors (Lipinski definition) is 4. The fourth-order valence-electron chi connectivity index (χ4n) is 1.70. The lowest BCUT2D eigenvalue weighted by Gasteiger charge is -2.26. The van der Waals surface area contributed by atoms with Crippen LogP contribution in [0.25, 0.3) is 0 Å². The first kappa shape index (κ1) is 14.2. The Morgan fingerprint density at radius 1 is 1.61 bits per heavy atom. The molecule has 18 heavy (non-hydrogen) atoms. The van der Waals surface area contributed by atoms with Crippen LogP contribution in [0.4, 0.5) is 0 Å². The van der Waals surface area contributed by atoms with E-state index in [0.29, 0.717) is 17.9 Å². The first-order valence-electron chi connectivity index (χ1n) is 5.58. The number of aromatic nitrogens is 1. The lowest BCUT2D eigenvalue weighted by atomic mass is 10.1. The Morgan fingerprint density at radius 2 is 2.28 bits per heavy atom. The SMILES string of the molecule is CN(C)CC(C)(O)CNC(=O)c1ccc(C#N)[nH]1. The van der Waals surface area contributed by atoms with Gasteiger partial charge in [-0.1, -0.05) is 0 Å². The van der Waals surface area contributed by atoms with Crippen LogP contribution in [0.2, 0.25) is 0 Å². The third kappa shape index (κ3) is 4.20. The van der Waals surface area contributed by atoms with E-state index in [1.807, 2.05) is 25.1 Å². The van der Waals surface area contributed by atoms with Crippen molar-refractivity contribution in [2.45, 2.75) is 12.5 Å². The molecule has 0 aliphatic carbocycles. The van der Waals surface area contributed by atoms with Crippen LogP contribution in [0.3, 0.4) is 0 Å². The molecule has 98 valence electrons. The molecule has 6 nitrogen and oxygen atoms in total. The van der Waals surface area contributed by atoms with Gasteiger partial charge in [-0.05, 0) is 33.2 Å². The second-order valence-electron chi connectivity index (χ2n) is 4.81. The largest absolute Gasteiger partial charge is 0.387 e. The van der Waals surface area contributed by atoms with Crippen molar-refractivity contribution in [2.24, 2.45) is 0 Å². The first-order valence-corrected chi connectivity index (χ1v) is 5.58. The van der Waals surface area contributed by atoms with Crippen molar-refractivity contribution in [1.82, 2.24) is 15.2 Å². The molecule has 6 heteroatoms. The molecule has 1 atom stereocenters. The monoisotopic (exact) mass is 250 g/mol. The predicted octanol–water partition coefficient (Wildman–Crippen LogP) is -0.0712. The summed E-state index contributed by atoms with van der Waals surface area (Å²) in [6.45, 7) is 2.25. The van der Waals surface area contributed by atoms with Crippen molar-refractivity contribution in [3.63, 3.8) is 0 Å². The molecule has 1 heterocycles. The fourth-order valence-corrected chi connectivity index (χ4v) is 1.70. The van der Waals surface area contributed by atoms with Gasteiger partial charge in [0.15, 0.2) is 0 Å². The molecule has 0 spiro atoms. The van der Waals surface area contributed by atoms with Gasteiger partial charge in [0.25, 0.3) is 5.91 Å². The van der Waals surface area contributed by atoms with Crippen molar-refractivity contribution in [2.75, 3.05) is 27.2 Å². The van der Waals surface area contributed by atoms with Gasteiger partial charge in [-0.3, -0.25) is 4.79 Å². The molecule has 1 unspecified atom stereocenters. The average molecular weight is 250 g/mol. The minimum Gasteiger partial charge on any atom is -0.387 e. The Hall–Kier alpha value is -1.84. The van der Waals surface area contributed by atoms with E-state index < -0.39 is 5.60 Å². The Kier molecular flexibility index (Phi) is 4.48. The number of nitriles is 1. The highest BCUT2D eigenvalue weighted by atomic mass is 16.3. The third-order valence-corrected chi connectivity index (χ3v) is 2.34. The molecular formula is C12H18N4O2. The maximum absolute atomic E-state index is 11.7. The summed E-state index contributed by atoms with van der Waals surface area (Å²) < 4.78 is 0. The number of likely N-dealkylation sites (N-methyl/N-ethyl adjacent to an activating group) is 1. The van der Waals surface area contributed by atoms with Crippen LogP contribution in [-0.2, 0) is 0 Å². The van der Waals surface area contributed by atoms with Crippen LogP contribution in [0.5, 0.6) is 0 Å². The molecule has 0 saturated heterocycles. The Morgan fingerprint density at radius 3 is 2.78 bits per heavy atom. The van der Waals surface area contributed by atoms with Gasteiger partial charge in [0.1, 0.15) is 17.5 Å². The summed E-state index contributed by atoms with van der Waals surface area (Å²) in [5.74, 6) is -0.337. The van der Waals surface area contributed by atoms with E-state index in [4.69, 9.17) is 5.26 Å². The Bertz CT molecular complexity index is 457. The average Bonchev–Trinajstić information content (AvgIpc) is 2.72. The van der Waals surface area contributed by atoms with Gasteiger partial charge >= 0.3 is 0 Å². The van der Waals surface area contributed by atoms with Crippen molar-refractivity contribution in [3.05, 3.63) is 23.5 Å². The number of aromatic amines is 1. The molecule has 1 aromatic heterocycles. The molecule has 1 aromatic rings. The quantitative estimate of drug-likeness (QED) is 0.682. The van der Waals surface area contributed by atoms with Gasteiger partial charge in [0, 0.05) is 13.1 Å². The highest BCUT2D eigenvalue weighted by molar-refractivity contribution is 5.92. The van der Waals surface area contributed by atoms with Gasteiger partial charge in [-0.15, -0.1) is 0 Å². The van der Waals surface area contributed by atoms with Gasteiger partial charge in [-0.2, -0.15) is 5.26 Å². The van der Waals surface area contributed by atoms with E-state index >= 15 is 0 Å². The van der Waals surface area contributed by atoms with E-state index in [0.717, 1.165) is 0 Å². The zero-order valence-electron chi connectivity index (χ0n) is 10.8. The smallest absolute Gasteiger partial charge is 0.267 e. The highest BCUT2D eigenvalue weighted by Gasteiger charge is 2.22. The maximum Gasteiger partial charge on any atom is 0.267 e. The highest BCUT2D eigenvalue weighted by Crippen LogP contribution is 2.04. The number of hydrogen-bond donors (Lipinski definition) is 3. The van der Waals surface area contributed by atoms with Crippen LogP contribution in [0.1, 0.15) is 23.1 Å². The lowest BCUT2D eigenvalue weighted by Crippen LogP contribution is -2.47. The summed E-state index contributed by atoms with van der Waals surface area (Å²) in [6, 6.07) is 4.98. The summed E-state index contributed by atoms with van der Waals surface area (Å²) >= 11 is 0. The topological polar surface area (TPSA) is 92.2 Å². The molecule has 0 aliphatic rings. The lowest BCUT2D eigenvalue weighted by molar-refractivity contribution is 0.0325. The standard InChI is InChI=1S/C12H18N4O2/c1-12(18,8-16(2)3)7-14-11(17)10-5-4-9(6-13)15-10/h4-5,15,18H,7-8H2,1-3H3,(H,14,17). The van der Waals surface area contributed by atoms with Crippen LogP contribution < -0.4 is 5.32 Å². The predicted molar refractivity (Wildman–Crippen MR) is 67.0 cm³/mol. The number of rotatable bonds is 5. The van der Waals surface area contributed by atoms with Crippen LogP contribution in [-0.4, -0.2) is 53.7 Å². The normalized spacial score (nSPS) is 14.0. The summed E-state index contributed by atoms with van der Waals surface area (Å²) in [7, 11) is 3.70. The summed E-state index contributed by atoms with van der Waals surface area (Å²) in [5, 5.41) is 21.3. The van der Waals surface area contributed by atoms with E-state index in [1.54, 1.807) is 6.92 Å². The number of carbonyl (C=O) groups excluding carboxylic acids is 1. The van der Waals surface area contributed by atoms with E-state index in [9.17, 15) is 9.90 Å². The molecule has 1 amide bonds. The number of nitrogens with one attached hydrogen (secondary N) is 2. The zero-order valence-corrected chi connectivity index (χ0v) is 10.8. The Balaban J connectivity index is 2.53. The second kappa shape index (κ2) is 5.67. The van der Waals surface area contributed by atoms with Gasteiger partial charge < -0.3 is 20.3 Å². The molecule has 0 fully saturated rings. The van der Waals surface area contributed by atoms with Gasteiger partial charge in [0.2, 0.25) is 0 Å². The molecule has 1 rings (SSSR count). The number of amides is 1. The first-order chi connectivity index (χ1) is 8.34. The molecule has 0 saturated carbocycles. The van der Waals surface area contributed by atoms with Crippen LogP contribution >= 0.6 is 0 Å². The van der Waals surface area contributed by atoms with Crippen molar-refractivity contribution in [3.8, 4) is 6.07 Å². The number of aliphatic hydroxyl groups is 1. The summed E-state index contributed by atoms with van der Waals surface area (Å²) in [4.78, 5) is 16.2. The third-order valence-electron chi connectivity index (χ3n) is 2.34. The van der Waals surface area contributed by atoms with E-state index in [-0.39, 0.29) is 12.5 Å². The molecule has 0 aliphatic heterocycles. The van der Waals surface area contributed by atoms with E-state index in [2.05, 4.69) is 10.3 Å². The van der Waals surface area contributed by atoms with Crippen molar-refractivity contribution >= 4 is 5.91 Å². The van der Waals surface area contributed by atoms with Crippen LogP contribution in [0.15, 0.2) is 12.1 Å². The molecule has 0 aromatic carbocycles. The minimum absolute atomic E-state index is 0.144. The zero-order chi connectivity index (χ0) is 13.8. The number of H-pyrrole nitrogens is 1. The molecule has 0 radical (unpaired) electrons. The number of carbonyl (C=O) groups is 1. The Labute approximate surface area is 106 Å². The van der Waals surface area contributed by atoms with Crippen LogP contribution in [0, 0.1) is 11.3 Å². The second-order valence-corrected chi connectivity index (χ2v) is 4.81. The minimum atomic E-state index is -0.996. The van der Waals surface area contributed by atoms with E-state index in [1.165, 1.54) is 12.1 Å². The van der Waals surface area contributed by atoms with Crippen molar-refractivity contribution < 1.29 is 9.90 Å². The van der Waals surface area contributed by atoms with Gasteiger partial charge in [-0.25, -0.2) is 0 Å². The maximum atomic E-state index is 11.7. The summed E-state index contributed by atoms with van der Waals surface area (Å²) in [5.41, 5.74) is -0.350. The number of nitrogens with zero attached hydrogens (tertiary/aromatic N) is 2. The fraction of sp³-hybridized carbons (Fsp3) is 0.500. The molecular weight excluding hydrogens is 232 g/mol. The molecule has 3 N–H and O–H groups in total. The van der Waals surface area contributed by atoms with Gasteiger partial charge in [0.05, 0.1) is 5.60 Å². The summed E-state index contributed by atoms with van der Waals surface area (Å²) in [6.07, 6.45) is 0. The molecule has 0 bridgehead atoms.